The molecule has 0 bridgehead atoms. The lowest BCUT2D eigenvalue weighted by molar-refractivity contribution is 0.133. The van der Waals surface area contributed by atoms with Gasteiger partial charge in [0.2, 0.25) is 0 Å². The third-order valence-electron chi connectivity index (χ3n) is 5.99. The lowest BCUT2D eigenvalue weighted by Gasteiger charge is -2.38. The van der Waals surface area contributed by atoms with Gasteiger partial charge in [-0.25, -0.2) is 0 Å². The van der Waals surface area contributed by atoms with E-state index in [9.17, 15) is 0 Å². The van der Waals surface area contributed by atoms with Crippen LogP contribution in [0.25, 0.3) is 0 Å². The van der Waals surface area contributed by atoms with Crippen LogP contribution in [0, 0.1) is 16.7 Å². The average molecular weight is 269 g/mol. The minimum absolute atomic E-state index is 0.566. The molecule has 19 heavy (non-hydrogen) atoms. The number of hydrogen-bond donors (Lipinski definition) is 0. The first-order valence-corrected chi connectivity index (χ1v) is 8.87. The van der Waals surface area contributed by atoms with Gasteiger partial charge in [0.25, 0.3) is 0 Å². The van der Waals surface area contributed by atoms with Crippen molar-refractivity contribution in [1.29, 1.82) is 0 Å². The number of rotatable bonds is 11. The van der Waals surface area contributed by atoms with Crippen LogP contribution in [-0.4, -0.2) is 0 Å². The molecule has 0 rings (SSSR count). The van der Waals surface area contributed by atoms with E-state index in [1.54, 1.807) is 0 Å². The van der Waals surface area contributed by atoms with Crippen molar-refractivity contribution in [1.82, 2.24) is 0 Å². The second kappa shape index (κ2) is 9.03. The Bertz CT molecular complexity index is 220. The highest BCUT2D eigenvalue weighted by Gasteiger charge is 2.30. The van der Waals surface area contributed by atoms with Crippen molar-refractivity contribution in [2.24, 2.45) is 16.7 Å². The van der Waals surface area contributed by atoms with E-state index in [1.807, 2.05) is 0 Å². The summed E-state index contributed by atoms with van der Waals surface area (Å²) in [6.45, 7) is 16.9. The fourth-order valence-corrected chi connectivity index (χ4v) is 3.35. The second-order valence-electron chi connectivity index (χ2n) is 7.47. The highest BCUT2D eigenvalue weighted by Crippen LogP contribution is 2.42. The van der Waals surface area contributed by atoms with Gasteiger partial charge in [-0.2, -0.15) is 0 Å². The Morgan fingerprint density at radius 3 is 1.84 bits per heavy atom. The van der Waals surface area contributed by atoms with Crippen molar-refractivity contribution < 1.29 is 0 Å². The van der Waals surface area contributed by atoms with E-state index in [1.165, 1.54) is 57.8 Å². The first-order valence-electron chi connectivity index (χ1n) is 8.87. The van der Waals surface area contributed by atoms with E-state index in [4.69, 9.17) is 0 Å². The van der Waals surface area contributed by atoms with Crippen LogP contribution in [0.15, 0.2) is 0 Å². The van der Waals surface area contributed by atoms with Gasteiger partial charge in [0, 0.05) is 0 Å². The van der Waals surface area contributed by atoms with Gasteiger partial charge >= 0.3 is 0 Å². The zero-order valence-electron chi connectivity index (χ0n) is 14.9. The standard InChI is InChI=1S/C19H40/c1-8-12-15-19(7,11-4)17(5)13-16-18(6,10-3)14-9-2/h17H,8-16H2,1-7H3. The van der Waals surface area contributed by atoms with Gasteiger partial charge in [0.15, 0.2) is 0 Å². The molecule has 0 saturated heterocycles. The SMILES string of the molecule is CCCCC(C)(CC)C(C)CCC(C)(CC)CCC. The van der Waals surface area contributed by atoms with Crippen LogP contribution in [-0.2, 0) is 0 Å². The zero-order valence-corrected chi connectivity index (χ0v) is 14.9. The molecule has 0 aromatic heterocycles. The molecule has 0 N–H and O–H groups in total. The normalized spacial score (nSPS) is 19.7. The Morgan fingerprint density at radius 2 is 1.42 bits per heavy atom. The number of unbranched alkanes of at least 4 members (excludes halogenated alkanes) is 1. The Labute approximate surface area is 123 Å². The van der Waals surface area contributed by atoms with Crippen molar-refractivity contribution in [2.45, 2.75) is 106 Å². The van der Waals surface area contributed by atoms with E-state index in [0.29, 0.717) is 10.8 Å². The van der Waals surface area contributed by atoms with E-state index >= 15 is 0 Å². The first-order chi connectivity index (χ1) is 8.87. The fraction of sp³-hybridized carbons (Fsp3) is 1.00. The van der Waals surface area contributed by atoms with Gasteiger partial charge in [-0.15, -0.1) is 0 Å². The molecule has 0 heteroatoms. The summed E-state index contributed by atoms with van der Waals surface area (Å²) in [6.07, 6.45) is 12.4. The highest BCUT2D eigenvalue weighted by atomic mass is 14.4. The Balaban J connectivity index is 4.43. The van der Waals surface area contributed by atoms with Crippen molar-refractivity contribution in [3.63, 3.8) is 0 Å². The topological polar surface area (TPSA) is 0 Å². The van der Waals surface area contributed by atoms with Gasteiger partial charge in [-0.3, -0.25) is 0 Å². The monoisotopic (exact) mass is 268 g/mol. The predicted molar refractivity (Wildman–Crippen MR) is 89.6 cm³/mol. The van der Waals surface area contributed by atoms with Crippen LogP contribution in [0.3, 0.4) is 0 Å². The minimum Gasteiger partial charge on any atom is -0.0654 e. The maximum Gasteiger partial charge on any atom is -0.0303 e. The van der Waals surface area contributed by atoms with Gasteiger partial charge in [0.1, 0.15) is 0 Å². The van der Waals surface area contributed by atoms with Gasteiger partial charge in [-0.1, -0.05) is 80.6 Å². The van der Waals surface area contributed by atoms with Crippen molar-refractivity contribution in [3.8, 4) is 0 Å². The summed E-state index contributed by atoms with van der Waals surface area (Å²) < 4.78 is 0. The molecule has 0 radical (unpaired) electrons. The average Bonchev–Trinajstić information content (AvgIpc) is 2.42. The molecular weight excluding hydrogens is 228 g/mol. The van der Waals surface area contributed by atoms with Gasteiger partial charge < -0.3 is 0 Å². The maximum absolute atomic E-state index is 2.52. The Kier molecular flexibility index (Phi) is 9.03. The third-order valence-corrected chi connectivity index (χ3v) is 5.99. The minimum atomic E-state index is 0.566. The third kappa shape index (κ3) is 6.32. The van der Waals surface area contributed by atoms with E-state index in [-0.39, 0.29) is 0 Å². The summed E-state index contributed by atoms with van der Waals surface area (Å²) in [5.41, 5.74) is 1.15. The van der Waals surface area contributed by atoms with Crippen molar-refractivity contribution in [3.05, 3.63) is 0 Å². The number of hydrogen-bond acceptors (Lipinski definition) is 0. The lowest BCUT2D eigenvalue weighted by atomic mass is 9.68. The molecule has 3 atom stereocenters. The van der Waals surface area contributed by atoms with Gasteiger partial charge in [0.05, 0.1) is 0 Å². The molecule has 0 aliphatic rings. The van der Waals surface area contributed by atoms with Crippen LogP contribution in [0.5, 0.6) is 0 Å². The quantitative estimate of drug-likeness (QED) is 0.371. The summed E-state index contributed by atoms with van der Waals surface area (Å²) in [4.78, 5) is 0. The molecule has 0 spiro atoms. The fourth-order valence-electron chi connectivity index (χ4n) is 3.35. The Hall–Kier alpha value is 0. The molecule has 0 heterocycles. The molecule has 3 unspecified atom stereocenters. The molecule has 0 aliphatic heterocycles. The van der Waals surface area contributed by atoms with Crippen LogP contribution in [0.1, 0.15) is 106 Å². The zero-order chi connectivity index (χ0) is 14.9. The highest BCUT2D eigenvalue weighted by molar-refractivity contribution is 4.81. The van der Waals surface area contributed by atoms with Crippen LogP contribution in [0.2, 0.25) is 0 Å². The molecule has 0 fully saturated rings. The van der Waals surface area contributed by atoms with E-state index in [0.717, 1.165) is 5.92 Å². The summed E-state index contributed by atoms with van der Waals surface area (Å²) >= 11 is 0. The van der Waals surface area contributed by atoms with Crippen LogP contribution in [0.4, 0.5) is 0 Å². The molecule has 0 aromatic rings. The largest absolute Gasteiger partial charge is 0.0654 e. The second-order valence-corrected chi connectivity index (χ2v) is 7.47. The molecule has 116 valence electrons. The molecule has 0 aromatic carbocycles. The predicted octanol–water partition coefficient (Wildman–Crippen LogP) is 7.23. The molecule has 0 aliphatic carbocycles. The van der Waals surface area contributed by atoms with Crippen molar-refractivity contribution in [2.75, 3.05) is 0 Å². The Morgan fingerprint density at radius 1 is 0.789 bits per heavy atom. The van der Waals surface area contributed by atoms with Crippen LogP contribution >= 0.6 is 0 Å². The molecule has 0 amide bonds. The molecule has 0 saturated carbocycles. The van der Waals surface area contributed by atoms with Gasteiger partial charge in [-0.05, 0) is 42.4 Å². The smallest absolute Gasteiger partial charge is 0.0303 e. The maximum atomic E-state index is 2.52. The summed E-state index contributed by atoms with van der Waals surface area (Å²) in [6, 6.07) is 0. The van der Waals surface area contributed by atoms with E-state index in [2.05, 4.69) is 48.5 Å². The van der Waals surface area contributed by atoms with E-state index < -0.39 is 0 Å². The first kappa shape index (κ1) is 19.0. The van der Waals surface area contributed by atoms with Crippen molar-refractivity contribution >= 4 is 0 Å². The molecular formula is C19H40. The summed E-state index contributed by atoms with van der Waals surface area (Å²) in [5.74, 6) is 0.867. The lowest BCUT2D eigenvalue weighted by Crippen LogP contribution is -2.27. The molecule has 0 nitrogen and oxygen atoms in total. The van der Waals surface area contributed by atoms with Crippen LogP contribution < -0.4 is 0 Å². The summed E-state index contributed by atoms with van der Waals surface area (Å²) in [7, 11) is 0. The summed E-state index contributed by atoms with van der Waals surface area (Å²) in [5, 5.41) is 0.